The molecule has 1 aliphatic rings. The van der Waals surface area contributed by atoms with Crippen molar-refractivity contribution in [2.24, 2.45) is 0 Å². The second kappa shape index (κ2) is 3.71. The first-order chi connectivity index (χ1) is 7.75. The van der Waals surface area contributed by atoms with Crippen LogP contribution in [0.3, 0.4) is 0 Å². The summed E-state index contributed by atoms with van der Waals surface area (Å²) in [5.74, 6) is 0.192. The van der Waals surface area contributed by atoms with E-state index in [9.17, 15) is 18.3 Å². The van der Waals surface area contributed by atoms with E-state index in [-0.39, 0.29) is 5.92 Å². The molecule has 0 aliphatic carbocycles. The van der Waals surface area contributed by atoms with Crippen LogP contribution < -0.4 is 5.32 Å². The lowest BCUT2D eigenvalue weighted by Gasteiger charge is -2.27. The van der Waals surface area contributed by atoms with E-state index < -0.39 is 17.5 Å². The Labute approximate surface area is 95.8 Å². The normalized spacial score (nSPS) is 24.2. The highest BCUT2D eigenvalue weighted by atomic mass is 19.4. The molecule has 0 bridgehead atoms. The Bertz CT molecular complexity index is 426. The first kappa shape index (κ1) is 12.4. The van der Waals surface area contributed by atoms with Gasteiger partial charge in [0.25, 0.3) is 0 Å². The summed E-state index contributed by atoms with van der Waals surface area (Å²) in [5, 5.41) is 16.0. The SMILES string of the molecule is C[C@H]1CNCc2onc([C@@](C)(O)C(F)(F)F)c21. The van der Waals surface area contributed by atoms with Crippen molar-refractivity contribution in [3.63, 3.8) is 0 Å². The van der Waals surface area contributed by atoms with E-state index in [1.807, 2.05) is 0 Å². The van der Waals surface area contributed by atoms with Gasteiger partial charge in [-0.2, -0.15) is 13.2 Å². The number of aliphatic hydroxyl groups is 1. The zero-order chi connectivity index (χ0) is 12.8. The molecular formula is C10H13F3N2O2. The van der Waals surface area contributed by atoms with Crippen LogP contribution >= 0.6 is 0 Å². The summed E-state index contributed by atoms with van der Waals surface area (Å²) in [6, 6.07) is 0. The lowest BCUT2D eigenvalue weighted by molar-refractivity contribution is -0.261. The number of fused-ring (bicyclic) bond motifs is 1. The van der Waals surface area contributed by atoms with Gasteiger partial charge in [0.15, 0.2) is 5.76 Å². The molecular weight excluding hydrogens is 237 g/mol. The van der Waals surface area contributed by atoms with E-state index in [0.29, 0.717) is 31.3 Å². The van der Waals surface area contributed by atoms with Crippen LogP contribution in [0.15, 0.2) is 4.52 Å². The second-order valence-electron chi connectivity index (χ2n) is 4.47. The third kappa shape index (κ3) is 1.83. The average Bonchev–Trinajstić information content (AvgIpc) is 2.61. The molecule has 2 atom stereocenters. The van der Waals surface area contributed by atoms with Gasteiger partial charge >= 0.3 is 6.18 Å². The van der Waals surface area contributed by atoms with Gasteiger partial charge in [-0.1, -0.05) is 12.1 Å². The zero-order valence-electron chi connectivity index (χ0n) is 9.43. The Morgan fingerprint density at radius 2 is 2.12 bits per heavy atom. The highest BCUT2D eigenvalue weighted by molar-refractivity contribution is 5.33. The van der Waals surface area contributed by atoms with Gasteiger partial charge in [-0.25, -0.2) is 0 Å². The summed E-state index contributed by atoms with van der Waals surface area (Å²) in [6.45, 7) is 3.33. The Morgan fingerprint density at radius 3 is 2.71 bits per heavy atom. The Morgan fingerprint density at radius 1 is 1.47 bits per heavy atom. The van der Waals surface area contributed by atoms with Crippen LogP contribution in [0.4, 0.5) is 13.2 Å². The van der Waals surface area contributed by atoms with E-state index in [1.165, 1.54) is 0 Å². The minimum Gasteiger partial charge on any atom is -0.375 e. The molecule has 0 saturated heterocycles. The van der Waals surface area contributed by atoms with E-state index in [2.05, 4.69) is 10.5 Å². The minimum atomic E-state index is -4.78. The lowest BCUT2D eigenvalue weighted by atomic mass is 9.88. The van der Waals surface area contributed by atoms with Gasteiger partial charge in [-0.15, -0.1) is 0 Å². The molecule has 0 spiro atoms. The molecule has 0 fully saturated rings. The molecule has 2 heterocycles. The summed E-state index contributed by atoms with van der Waals surface area (Å²) in [7, 11) is 0. The van der Waals surface area contributed by atoms with Gasteiger partial charge in [-0.3, -0.25) is 0 Å². The van der Waals surface area contributed by atoms with Crippen LogP contribution in [0.2, 0.25) is 0 Å². The number of hydrogen-bond donors (Lipinski definition) is 2. The van der Waals surface area contributed by atoms with Crippen LogP contribution in [-0.2, 0) is 12.1 Å². The van der Waals surface area contributed by atoms with E-state index >= 15 is 0 Å². The van der Waals surface area contributed by atoms with Gasteiger partial charge in [0.2, 0.25) is 5.60 Å². The zero-order valence-corrected chi connectivity index (χ0v) is 9.43. The van der Waals surface area contributed by atoms with Crippen molar-refractivity contribution in [3.05, 3.63) is 17.0 Å². The average molecular weight is 250 g/mol. The second-order valence-corrected chi connectivity index (χ2v) is 4.47. The molecule has 2 rings (SSSR count). The molecule has 1 aliphatic heterocycles. The fourth-order valence-electron chi connectivity index (χ4n) is 1.96. The maximum absolute atomic E-state index is 12.7. The smallest absolute Gasteiger partial charge is 0.375 e. The molecule has 7 heteroatoms. The molecule has 0 saturated carbocycles. The number of alkyl halides is 3. The number of nitrogens with one attached hydrogen (secondary N) is 1. The van der Waals surface area contributed by atoms with Crippen LogP contribution in [0, 0.1) is 0 Å². The predicted molar refractivity (Wildman–Crippen MR) is 52.3 cm³/mol. The van der Waals surface area contributed by atoms with Gasteiger partial charge in [0.1, 0.15) is 5.69 Å². The van der Waals surface area contributed by atoms with Crippen molar-refractivity contribution in [2.75, 3.05) is 6.54 Å². The third-order valence-electron chi connectivity index (χ3n) is 3.04. The fraction of sp³-hybridized carbons (Fsp3) is 0.700. The Balaban J connectivity index is 2.51. The van der Waals surface area contributed by atoms with E-state index in [4.69, 9.17) is 4.52 Å². The summed E-state index contributed by atoms with van der Waals surface area (Å²) in [6.07, 6.45) is -4.78. The van der Waals surface area contributed by atoms with Crippen molar-refractivity contribution in [3.8, 4) is 0 Å². The summed E-state index contributed by atoms with van der Waals surface area (Å²) in [4.78, 5) is 0. The largest absolute Gasteiger partial charge is 0.422 e. The summed E-state index contributed by atoms with van der Waals surface area (Å²) in [5.41, 5.74) is -3.03. The van der Waals surface area contributed by atoms with E-state index in [1.54, 1.807) is 6.92 Å². The standard InChI is InChI=1S/C10H13F3N2O2/c1-5-3-14-4-6-7(5)8(15-17-6)9(2,16)10(11,12)13/h5,14,16H,3-4H2,1-2H3/t5-,9+/m0/s1. The van der Waals surface area contributed by atoms with Crippen molar-refractivity contribution < 1.29 is 22.8 Å². The monoisotopic (exact) mass is 250 g/mol. The molecule has 0 radical (unpaired) electrons. The number of rotatable bonds is 1. The molecule has 1 aromatic rings. The van der Waals surface area contributed by atoms with Gasteiger partial charge in [-0.05, 0) is 12.8 Å². The topological polar surface area (TPSA) is 58.3 Å². The van der Waals surface area contributed by atoms with Crippen LogP contribution in [0.25, 0.3) is 0 Å². The van der Waals surface area contributed by atoms with E-state index in [0.717, 1.165) is 0 Å². The van der Waals surface area contributed by atoms with Crippen LogP contribution in [0.1, 0.15) is 36.8 Å². The fourth-order valence-corrected chi connectivity index (χ4v) is 1.96. The molecule has 2 N–H and O–H groups in total. The third-order valence-corrected chi connectivity index (χ3v) is 3.04. The molecule has 0 unspecified atom stereocenters. The van der Waals surface area contributed by atoms with Gasteiger partial charge in [0.05, 0.1) is 6.54 Å². The number of nitrogens with zero attached hydrogens (tertiary/aromatic N) is 1. The molecule has 17 heavy (non-hydrogen) atoms. The van der Waals surface area contributed by atoms with Crippen LogP contribution in [-0.4, -0.2) is 23.0 Å². The maximum Gasteiger partial charge on any atom is 0.422 e. The molecule has 0 amide bonds. The van der Waals surface area contributed by atoms with Crippen LogP contribution in [0.5, 0.6) is 0 Å². The number of hydrogen-bond acceptors (Lipinski definition) is 4. The van der Waals surface area contributed by atoms with Crippen molar-refractivity contribution in [2.45, 2.75) is 38.1 Å². The summed E-state index contributed by atoms with van der Waals surface area (Å²) >= 11 is 0. The quantitative estimate of drug-likeness (QED) is 0.795. The lowest BCUT2D eigenvalue weighted by Crippen LogP contribution is -2.41. The first-order valence-electron chi connectivity index (χ1n) is 5.24. The van der Waals surface area contributed by atoms with Crippen molar-refractivity contribution in [1.82, 2.24) is 10.5 Å². The van der Waals surface area contributed by atoms with Gasteiger partial charge < -0.3 is 14.9 Å². The van der Waals surface area contributed by atoms with Crippen molar-refractivity contribution >= 4 is 0 Å². The Kier molecular flexibility index (Phi) is 2.70. The number of aromatic nitrogens is 1. The molecule has 4 nitrogen and oxygen atoms in total. The molecule has 96 valence electrons. The first-order valence-corrected chi connectivity index (χ1v) is 5.24. The highest BCUT2D eigenvalue weighted by Gasteiger charge is 2.55. The Hall–Kier alpha value is -1.08. The number of halogens is 3. The van der Waals surface area contributed by atoms with Crippen molar-refractivity contribution in [1.29, 1.82) is 0 Å². The predicted octanol–water partition coefficient (Wildman–Crippen LogP) is 1.65. The highest BCUT2D eigenvalue weighted by Crippen LogP contribution is 2.42. The van der Waals surface area contributed by atoms with Gasteiger partial charge in [0, 0.05) is 12.1 Å². The maximum atomic E-state index is 12.7. The molecule has 0 aromatic carbocycles. The summed E-state index contributed by atoms with van der Waals surface area (Å²) < 4.78 is 43.1. The minimum absolute atomic E-state index is 0.172. The molecule has 1 aromatic heterocycles.